The highest BCUT2D eigenvalue weighted by atomic mass is 32.1. The lowest BCUT2D eigenvalue weighted by Gasteiger charge is -2.12. The van der Waals surface area contributed by atoms with Crippen molar-refractivity contribution in [2.75, 3.05) is 11.9 Å². The minimum atomic E-state index is -0.433. The van der Waals surface area contributed by atoms with E-state index in [1.807, 2.05) is 35.9 Å². The first kappa shape index (κ1) is 25.7. The fraction of sp³-hybridized carbons (Fsp3) is 0.333. The van der Waals surface area contributed by atoms with Gasteiger partial charge in [0, 0.05) is 28.4 Å². The van der Waals surface area contributed by atoms with Gasteiger partial charge in [0.05, 0.1) is 6.61 Å². The van der Waals surface area contributed by atoms with Gasteiger partial charge in [-0.1, -0.05) is 51.1 Å². The molecule has 4 rings (SSSR count). The van der Waals surface area contributed by atoms with Gasteiger partial charge in [-0.15, -0.1) is 11.3 Å². The van der Waals surface area contributed by atoms with Crippen molar-refractivity contribution >= 4 is 39.1 Å². The maximum absolute atomic E-state index is 13.7. The minimum absolute atomic E-state index is 0.224. The van der Waals surface area contributed by atoms with Gasteiger partial charge in [-0.05, 0) is 67.5 Å². The maximum Gasteiger partial charge on any atom is 0.341 e. The summed E-state index contributed by atoms with van der Waals surface area (Å²) in [5.74, 6) is -0.238. The lowest BCUT2D eigenvalue weighted by molar-refractivity contribution is 0.0529. The molecule has 36 heavy (non-hydrogen) atoms. The number of carbonyl (C=O) groups is 2. The zero-order valence-corrected chi connectivity index (χ0v) is 22.7. The average Bonchev–Trinajstić information content (AvgIpc) is 3.42. The average molecular weight is 503 g/mol. The fourth-order valence-electron chi connectivity index (χ4n) is 4.69. The van der Waals surface area contributed by atoms with Crippen LogP contribution in [0.4, 0.5) is 5.00 Å². The van der Waals surface area contributed by atoms with E-state index in [4.69, 9.17) is 4.74 Å². The molecule has 1 amide bonds. The molecule has 4 aromatic rings. The zero-order valence-electron chi connectivity index (χ0n) is 21.9. The molecule has 0 aliphatic rings. The Bertz CT molecular complexity index is 1410. The van der Waals surface area contributed by atoms with E-state index in [-0.39, 0.29) is 12.5 Å². The molecule has 0 bridgehead atoms. The van der Waals surface area contributed by atoms with Crippen LogP contribution in [-0.4, -0.2) is 23.1 Å². The van der Waals surface area contributed by atoms with Crippen LogP contribution in [0.3, 0.4) is 0 Å². The number of aryl methyl sites for hydroxylation is 3. The number of ether oxygens (including phenoxy) is 1. The second-order valence-corrected chi connectivity index (χ2v) is 10.1. The quantitative estimate of drug-likeness (QED) is 0.250. The van der Waals surface area contributed by atoms with Gasteiger partial charge < -0.3 is 14.6 Å². The van der Waals surface area contributed by atoms with Gasteiger partial charge in [-0.25, -0.2) is 4.79 Å². The summed E-state index contributed by atoms with van der Waals surface area (Å²) in [6, 6.07) is 14.6. The summed E-state index contributed by atoms with van der Waals surface area (Å²) in [6.07, 6.45) is 0.938. The summed E-state index contributed by atoms with van der Waals surface area (Å²) < 4.78 is 7.44. The lowest BCUT2D eigenvalue weighted by Crippen LogP contribution is -2.19. The molecule has 0 saturated heterocycles. The molecule has 0 radical (unpaired) electrons. The van der Waals surface area contributed by atoms with Crippen LogP contribution in [0.25, 0.3) is 22.0 Å². The topological polar surface area (TPSA) is 60.3 Å². The van der Waals surface area contributed by atoms with E-state index in [1.165, 1.54) is 22.5 Å². The van der Waals surface area contributed by atoms with Crippen LogP contribution in [0.5, 0.6) is 0 Å². The number of hydrogen-bond donors (Lipinski definition) is 1. The fourth-order valence-corrected chi connectivity index (χ4v) is 5.64. The van der Waals surface area contributed by atoms with Gasteiger partial charge in [-0.2, -0.15) is 0 Å². The van der Waals surface area contributed by atoms with Crippen LogP contribution in [-0.2, 0) is 17.7 Å². The van der Waals surface area contributed by atoms with Crippen LogP contribution < -0.4 is 5.32 Å². The number of esters is 1. The molecule has 0 aliphatic carbocycles. The molecule has 1 N–H and O–H groups in total. The van der Waals surface area contributed by atoms with Crippen molar-refractivity contribution in [3.8, 4) is 11.1 Å². The second kappa shape index (κ2) is 10.7. The van der Waals surface area contributed by atoms with Crippen LogP contribution in [0, 0.1) is 6.92 Å². The number of nitrogens with one attached hydrogen (secondary N) is 1. The van der Waals surface area contributed by atoms with Crippen LogP contribution in [0.15, 0.2) is 47.8 Å². The summed E-state index contributed by atoms with van der Waals surface area (Å²) in [4.78, 5) is 26.7. The molecule has 2 aromatic carbocycles. The van der Waals surface area contributed by atoms with Crippen molar-refractivity contribution < 1.29 is 14.3 Å². The molecule has 2 heterocycles. The number of fused-ring (bicyclic) bond motifs is 1. The predicted molar refractivity (Wildman–Crippen MR) is 149 cm³/mol. The Morgan fingerprint density at radius 1 is 1.06 bits per heavy atom. The summed E-state index contributed by atoms with van der Waals surface area (Å²) in [6.45, 7) is 13.2. The maximum atomic E-state index is 13.7. The molecular formula is C30H34N2O3S. The molecule has 0 saturated carbocycles. The van der Waals surface area contributed by atoms with Crippen molar-refractivity contribution in [2.24, 2.45) is 0 Å². The number of nitrogens with zero attached hydrogens (tertiary/aromatic N) is 1. The third-order valence-corrected chi connectivity index (χ3v) is 7.60. The van der Waals surface area contributed by atoms with Crippen molar-refractivity contribution in [1.82, 2.24) is 4.57 Å². The van der Waals surface area contributed by atoms with E-state index < -0.39 is 5.97 Å². The molecule has 6 heteroatoms. The van der Waals surface area contributed by atoms with E-state index in [1.54, 1.807) is 6.92 Å². The van der Waals surface area contributed by atoms with Gasteiger partial charge in [0.2, 0.25) is 0 Å². The normalized spacial score (nSPS) is 11.3. The van der Waals surface area contributed by atoms with Crippen molar-refractivity contribution in [3.63, 3.8) is 0 Å². The van der Waals surface area contributed by atoms with E-state index in [9.17, 15) is 9.59 Å². The largest absolute Gasteiger partial charge is 0.462 e. The molecule has 0 aliphatic heterocycles. The summed E-state index contributed by atoms with van der Waals surface area (Å²) in [5, 5.41) is 6.56. The molecule has 0 unspecified atom stereocenters. The van der Waals surface area contributed by atoms with E-state index >= 15 is 0 Å². The standard InChI is InChI=1S/C30H34N2O3S/c1-7-20-10-15-25-23(16-20)19(6)27(32(25)8-2)28(33)31-29-26(30(34)35-9-3)24(17-36-29)22-13-11-21(12-14-22)18(4)5/h10-18H,7-9H2,1-6H3,(H,31,33). The summed E-state index contributed by atoms with van der Waals surface area (Å²) >= 11 is 1.35. The molecule has 0 fully saturated rings. The highest BCUT2D eigenvalue weighted by Gasteiger charge is 2.26. The molecule has 0 spiro atoms. The van der Waals surface area contributed by atoms with E-state index in [0.29, 0.717) is 28.7 Å². The van der Waals surface area contributed by atoms with Crippen molar-refractivity contribution in [3.05, 3.63) is 75.8 Å². The van der Waals surface area contributed by atoms with Gasteiger partial charge in [-0.3, -0.25) is 4.79 Å². The molecular weight excluding hydrogens is 468 g/mol. The van der Waals surface area contributed by atoms with Crippen molar-refractivity contribution in [1.29, 1.82) is 0 Å². The van der Waals surface area contributed by atoms with E-state index in [2.05, 4.69) is 56.4 Å². The Morgan fingerprint density at radius 3 is 2.39 bits per heavy atom. The highest BCUT2D eigenvalue weighted by molar-refractivity contribution is 7.15. The Kier molecular flexibility index (Phi) is 7.65. The van der Waals surface area contributed by atoms with E-state index in [0.717, 1.165) is 34.0 Å². The molecule has 5 nitrogen and oxygen atoms in total. The third kappa shape index (κ3) is 4.70. The Morgan fingerprint density at radius 2 is 1.78 bits per heavy atom. The lowest BCUT2D eigenvalue weighted by atomic mass is 9.98. The third-order valence-electron chi connectivity index (χ3n) is 6.71. The first-order valence-corrected chi connectivity index (χ1v) is 13.5. The first-order chi connectivity index (χ1) is 17.3. The molecule has 0 atom stereocenters. The zero-order chi connectivity index (χ0) is 26.0. The summed E-state index contributed by atoms with van der Waals surface area (Å²) in [7, 11) is 0. The van der Waals surface area contributed by atoms with Crippen LogP contribution in [0.2, 0.25) is 0 Å². The Labute approximate surface area is 217 Å². The summed E-state index contributed by atoms with van der Waals surface area (Å²) in [5.41, 5.74) is 7.16. The number of aromatic nitrogens is 1. The monoisotopic (exact) mass is 502 g/mol. The Hall–Kier alpha value is -3.38. The number of carbonyl (C=O) groups excluding carboxylic acids is 2. The number of anilines is 1. The van der Waals surface area contributed by atoms with Crippen LogP contribution >= 0.6 is 11.3 Å². The van der Waals surface area contributed by atoms with Gasteiger partial charge >= 0.3 is 5.97 Å². The first-order valence-electron chi connectivity index (χ1n) is 12.6. The SMILES string of the molecule is CCOC(=O)c1c(-c2ccc(C(C)C)cc2)csc1NC(=O)c1c(C)c2cc(CC)ccc2n1CC. The smallest absolute Gasteiger partial charge is 0.341 e. The molecule has 2 aromatic heterocycles. The highest BCUT2D eigenvalue weighted by Crippen LogP contribution is 2.37. The minimum Gasteiger partial charge on any atom is -0.462 e. The van der Waals surface area contributed by atoms with Gasteiger partial charge in [0.25, 0.3) is 5.91 Å². The Balaban J connectivity index is 1.76. The van der Waals surface area contributed by atoms with Crippen molar-refractivity contribution in [2.45, 2.75) is 60.4 Å². The predicted octanol–water partition coefficient (Wildman–Crippen LogP) is 7.81. The molecule has 188 valence electrons. The van der Waals surface area contributed by atoms with Gasteiger partial charge in [0.1, 0.15) is 16.3 Å². The van der Waals surface area contributed by atoms with Crippen LogP contribution in [0.1, 0.15) is 78.1 Å². The van der Waals surface area contributed by atoms with Gasteiger partial charge in [0.15, 0.2) is 0 Å². The number of rotatable bonds is 8. The number of amides is 1. The number of thiophene rings is 1. The number of benzene rings is 2. The second-order valence-electron chi connectivity index (χ2n) is 9.23. The number of hydrogen-bond acceptors (Lipinski definition) is 4.